The van der Waals surface area contributed by atoms with Crippen LogP contribution in [0.4, 0.5) is 8.78 Å². The van der Waals surface area contributed by atoms with Gasteiger partial charge in [-0.15, -0.1) is 12.4 Å². The second kappa shape index (κ2) is 8.70. The zero-order valence-corrected chi connectivity index (χ0v) is 13.7. The Morgan fingerprint density at radius 1 is 1.38 bits per heavy atom. The molecule has 0 aliphatic carbocycles. The summed E-state index contributed by atoms with van der Waals surface area (Å²) in [5.74, 6) is -0.274. The van der Waals surface area contributed by atoms with E-state index in [-0.39, 0.29) is 40.7 Å². The Hall–Kier alpha value is -0.670. The van der Waals surface area contributed by atoms with Crippen LogP contribution >= 0.6 is 24.0 Å². The SMILES string of the molecule is CNC(C)CNS(=O)(=O)c1ccc(OC(F)F)c(Cl)c1.Cl. The maximum Gasteiger partial charge on any atom is 0.387 e. The van der Waals surface area contributed by atoms with Crippen LogP contribution in [-0.4, -0.2) is 34.7 Å². The number of rotatable bonds is 7. The molecule has 0 spiro atoms. The molecule has 1 aromatic carbocycles. The lowest BCUT2D eigenvalue weighted by molar-refractivity contribution is -0.0498. The average Bonchev–Trinajstić information content (AvgIpc) is 2.37. The zero-order chi connectivity index (χ0) is 15.3. The van der Waals surface area contributed by atoms with E-state index < -0.39 is 16.6 Å². The van der Waals surface area contributed by atoms with Gasteiger partial charge < -0.3 is 10.1 Å². The molecule has 0 radical (unpaired) electrons. The predicted octanol–water partition coefficient (Wildman–Crippen LogP) is 2.25. The van der Waals surface area contributed by atoms with Gasteiger partial charge in [-0.05, 0) is 32.2 Å². The van der Waals surface area contributed by atoms with E-state index in [0.29, 0.717) is 0 Å². The van der Waals surface area contributed by atoms with Crippen molar-refractivity contribution in [1.29, 1.82) is 0 Å². The minimum atomic E-state index is -3.75. The standard InChI is InChI=1S/C11H15ClF2N2O3S.ClH/c1-7(15-2)6-16-20(17,18)8-3-4-10(9(12)5-8)19-11(13)14;/h3-5,7,11,15-16H,6H2,1-2H3;1H. The normalized spacial score (nSPS) is 12.9. The van der Waals surface area contributed by atoms with Crippen molar-refractivity contribution in [2.75, 3.05) is 13.6 Å². The van der Waals surface area contributed by atoms with E-state index in [2.05, 4.69) is 14.8 Å². The van der Waals surface area contributed by atoms with Crippen LogP contribution in [0.1, 0.15) is 6.92 Å². The van der Waals surface area contributed by atoms with Gasteiger partial charge in [-0.2, -0.15) is 8.78 Å². The molecule has 0 heterocycles. The average molecular weight is 365 g/mol. The molecule has 122 valence electrons. The molecule has 21 heavy (non-hydrogen) atoms. The molecule has 0 aromatic heterocycles. The number of hydrogen-bond acceptors (Lipinski definition) is 4. The van der Waals surface area contributed by atoms with Gasteiger partial charge in [-0.3, -0.25) is 0 Å². The number of benzene rings is 1. The molecule has 0 bridgehead atoms. The Kier molecular flexibility index (Phi) is 8.42. The molecular weight excluding hydrogens is 349 g/mol. The van der Waals surface area contributed by atoms with Crippen molar-refractivity contribution in [2.45, 2.75) is 24.5 Å². The van der Waals surface area contributed by atoms with Gasteiger partial charge in [0.05, 0.1) is 9.92 Å². The topological polar surface area (TPSA) is 67.4 Å². The number of alkyl halides is 2. The highest BCUT2D eigenvalue weighted by Gasteiger charge is 2.17. The summed E-state index contributed by atoms with van der Waals surface area (Å²) in [6.07, 6.45) is 0. The molecule has 0 aliphatic rings. The van der Waals surface area contributed by atoms with Crippen molar-refractivity contribution >= 4 is 34.0 Å². The molecule has 5 nitrogen and oxygen atoms in total. The highest BCUT2D eigenvalue weighted by Crippen LogP contribution is 2.28. The fourth-order valence-electron chi connectivity index (χ4n) is 1.26. The Bertz CT molecular complexity index is 558. The maximum absolute atomic E-state index is 12.1. The molecule has 1 aromatic rings. The van der Waals surface area contributed by atoms with Crippen LogP contribution in [0.15, 0.2) is 23.1 Å². The van der Waals surface area contributed by atoms with Crippen molar-refractivity contribution < 1.29 is 21.9 Å². The van der Waals surface area contributed by atoms with E-state index in [9.17, 15) is 17.2 Å². The highest BCUT2D eigenvalue weighted by molar-refractivity contribution is 7.89. The first-order chi connectivity index (χ1) is 9.26. The molecule has 2 N–H and O–H groups in total. The summed E-state index contributed by atoms with van der Waals surface area (Å²) in [5, 5.41) is 2.68. The van der Waals surface area contributed by atoms with E-state index in [4.69, 9.17) is 11.6 Å². The quantitative estimate of drug-likeness (QED) is 0.778. The van der Waals surface area contributed by atoms with Gasteiger partial charge in [-0.25, -0.2) is 13.1 Å². The van der Waals surface area contributed by atoms with Crippen molar-refractivity contribution in [2.24, 2.45) is 0 Å². The maximum atomic E-state index is 12.1. The van der Waals surface area contributed by atoms with Gasteiger partial charge in [-0.1, -0.05) is 11.6 Å². The lowest BCUT2D eigenvalue weighted by atomic mass is 10.3. The fourth-order valence-corrected chi connectivity index (χ4v) is 2.71. The summed E-state index contributed by atoms with van der Waals surface area (Å²) >= 11 is 5.71. The van der Waals surface area contributed by atoms with Gasteiger partial charge in [0.25, 0.3) is 0 Å². The molecule has 1 unspecified atom stereocenters. The van der Waals surface area contributed by atoms with Crippen LogP contribution < -0.4 is 14.8 Å². The van der Waals surface area contributed by atoms with Crippen LogP contribution in [0.5, 0.6) is 5.75 Å². The molecule has 1 atom stereocenters. The van der Waals surface area contributed by atoms with E-state index in [0.717, 1.165) is 18.2 Å². The highest BCUT2D eigenvalue weighted by atomic mass is 35.5. The second-order valence-corrected chi connectivity index (χ2v) is 6.19. The monoisotopic (exact) mass is 364 g/mol. The number of likely N-dealkylation sites (N-methyl/N-ethyl adjacent to an activating group) is 1. The van der Waals surface area contributed by atoms with Gasteiger partial charge >= 0.3 is 6.61 Å². The van der Waals surface area contributed by atoms with E-state index in [1.807, 2.05) is 0 Å². The number of ether oxygens (including phenoxy) is 1. The number of halogens is 4. The Labute approximate surface area is 133 Å². The number of hydrogen-bond donors (Lipinski definition) is 2. The summed E-state index contributed by atoms with van der Waals surface area (Å²) in [6.45, 7) is -1.04. The van der Waals surface area contributed by atoms with Crippen LogP contribution in [0.2, 0.25) is 5.02 Å². The zero-order valence-electron chi connectivity index (χ0n) is 11.3. The lowest BCUT2D eigenvalue weighted by Crippen LogP contribution is -2.37. The molecule has 0 saturated carbocycles. The summed E-state index contributed by atoms with van der Waals surface area (Å²) in [5.41, 5.74) is 0. The molecule has 0 saturated heterocycles. The molecule has 0 aliphatic heterocycles. The van der Waals surface area contributed by atoms with Crippen molar-refractivity contribution in [3.63, 3.8) is 0 Å². The van der Waals surface area contributed by atoms with Crippen molar-refractivity contribution in [3.8, 4) is 5.75 Å². The second-order valence-electron chi connectivity index (χ2n) is 4.01. The Morgan fingerprint density at radius 2 is 2.00 bits per heavy atom. The molecule has 0 fully saturated rings. The van der Waals surface area contributed by atoms with Crippen molar-refractivity contribution in [3.05, 3.63) is 23.2 Å². The van der Waals surface area contributed by atoms with E-state index in [1.165, 1.54) is 0 Å². The summed E-state index contributed by atoms with van der Waals surface area (Å²) in [4.78, 5) is -0.118. The first-order valence-corrected chi connectivity index (χ1v) is 7.53. The Balaban J connectivity index is 0.00000400. The third kappa shape index (κ3) is 6.31. The molecule has 10 heteroatoms. The van der Waals surface area contributed by atoms with Crippen molar-refractivity contribution in [1.82, 2.24) is 10.0 Å². The first-order valence-electron chi connectivity index (χ1n) is 5.67. The summed E-state index contributed by atoms with van der Waals surface area (Å²) in [7, 11) is -2.05. The lowest BCUT2D eigenvalue weighted by Gasteiger charge is -2.13. The smallest absolute Gasteiger partial charge is 0.387 e. The largest absolute Gasteiger partial charge is 0.433 e. The fraction of sp³-hybridized carbons (Fsp3) is 0.455. The predicted molar refractivity (Wildman–Crippen MR) is 79.0 cm³/mol. The van der Waals surface area contributed by atoms with Gasteiger partial charge in [0.1, 0.15) is 5.75 Å². The third-order valence-electron chi connectivity index (χ3n) is 2.50. The van der Waals surface area contributed by atoms with Gasteiger partial charge in [0.15, 0.2) is 0 Å². The van der Waals surface area contributed by atoms with E-state index >= 15 is 0 Å². The van der Waals surface area contributed by atoms with Crippen LogP contribution in [0.3, 0.4) is 0 Å². The Morgan fingerprint density at radius 3 is 2.48 bits per heavy atom. The van der Waals surface area contributed by atoms with Gasteiger partial charge in [0, 0.05) is 12.6 Å². The molecule has 0 amide bonds. The minimum absolute atomic E-state index is 0. The third-order valence-corrected chi connectivity index (χ3v) is 4.22. The van der Waals surface area contributed by atoms with Gasteiger partial charge in [0.2, 0.25) is 10.0 Å². The molecular formula is C11H16Cl2F2N2O3S. The van der Waals surface area contributed by atoms with E-state index in [1.54, 1.807) is 14.0 Å². The first kappa shape index (κ1) is 20.3. The summed E-state index contributed by atoms with van der Waals surface area (Å²) in [6, 6.07) is 3.24. The van der Waals surface area contributed by atoms with Crippen LogP contribution in [-0.2, 0) is 10.0 Å². The number of nitrogens with one attached hydrogen (secondary N) is 2. The van der Waals surface area contributed by atoms with Crippen LogP contribution in [0, 0.1) is 0 Å². The minimum Gasteiger partial charge on any atom is -0.433 e. The van der Waals surface area contributed by atoms with Crippen LogP contribution in [0.25, 0.3) is 0 Å². The number of sulfonamides is 1. The summed E-state index contributed by atoms with van der Waals surface area (Å²) < 4.78 is 54.5. The molecule has 1 rings (SSSR count).